The van der Waals surface area contributed by atoms with Crippen molar-refractivity contribution < 1.29 is 17.6 Å². The first kappa shape index (κ1) is 16.3. The zero-order valence-electron chi connectivity index (χ0n) is 12.2. The summed E-state index contributed by atoms with van der Waals surface area (Å²) in [6.07, 6.45) is 1.17. The van der Waals surface area contributed by atoms with Crippen LogP contribution in [-0.2, 0) is 12.7 Å². The summed E-state index contributed by atoms with van der Waals surface area (Å²) in [5, 5.41) is 3.14. The largest absolute Gasteiger partial charge is 0.416 e. The molecule has 1 fully saturated rings. The van der Waals surface area contributed by atoms with Gasteiger partial charge in [-0.15, -0.1) is 0 Å². The highest BCUT2D eigenvalue weighted by atomic mass is 19.4. The molecule has 1 N–H and O–H groups in total. The van der Waals surface area contributed by atoms with Crippen molar-refractivity contribution in [2.45, 2.75) is 51.7 Å². The lowest BCUT2D eigenvalue weighted by molar-refractivity contribution is -0.138. The van der Waals surface area contributed by atoms with Crippen LogP contribution in [0.1, 0.15) is 50.2 Å². The Labute approximate surface area is 122 Å². The van der Waals surface area contributed by atoms with Crippen LogP contribution in [-0.4, -0.2) is 6.54 Å². The van der Waals surface area contributed by atoms with Gasteiger partial charge in [-0.1, -0.05) is 25.8 Å². The van der Waals surface area contributed by atoms with Crippen LogP contribution in [0.25, 0.3) is 0 Å². The number of benzene rings is 1. The van der Waals surface area contributed by atoms with E-state index in [0.717, 1.165) is 31.9 Å². The van der Waals surface area contributed by atoms with Gasteiger partial charge in [-0.25, -0.2) is 4.39 Å². The smallest absolute Gasteiger partial charge is 0.312 e. The molecule has 0 amide bonds. The van der Waals surface area contributed by atoms with Gasteiger partial charge in [0.15, 0.2) is 0 Å². The van der Waals surface area contributed by atoms with Crippen LogP contribution in [0.5, 0.6) is 0 Å². The van der Waals surface area contributed by atoms with Crippen LogP contribution in [0.4, 0.5) is 17.6 Å². The van der Waals surface area contributed by atoms with Gasteiger partial charge in [-0.05, 0) is 42.4 Å². The quantitative estimate of drug-likeness (QED) is 0.763. The summed E-state index contributed by atoms with van der Waals surface area (Å²) >= 11 is 0. The van der Waals surface area contributed by atoms with E-state index in [4.69, 9.17) is 0 Å². The maximum Gasteiger partial charge on any atom is 0.416 e. The first-order valence-electron chi connectivity index (χ1n) is 7.43. The number of nitrogens with one attached hydrogen (secondary N) is 1. The molecule has 118 valence electrons. The first-order chi connectivity index (χ1) is 9.86. The van der Waals surface area contributed by atoms with Crippen molar-refractivity contribution in [2.24, 2.45) is 5.41 Å². The molecule has 1 aromatic carbocycles. The van der Waals surface area contributed by atoms with Gasteiger partial charge in [-0.3, -0.25) is 0 Å². The van der Waals surface area contributed by atoms with Crippen molar-refractivity contribution in [3.63, 3.8) is 0 Å². The van der Waals surface area contributed by atoms with E-state index in [1.165, 1.54) is 18.9 Å². The summed E-state index contributed by atoms with van der Waals surface area (Å²) in [7, 11) is 0. The number of hydrogen-bond donors (Lipinski definition) is 1. The third-order valence-electron chi connectivity index (χ3n) is 4.61. The number of hydrogen-bond acceptors (Lipinski definition) is 1. The SMILES string of the molecule is CCC1(CNCc2ccc(F)cc2C(F)(F)F)CCCC1. The lowest BCUT2D eigenvalue weighted by Gasteiger charge is -2.28. The van der Waals surface area contributed by atoms with Crippen molar-refractivity contribution in [3.05, 3.63) is 35.1 Å². The van der Waals surface area contributed by atoms with Gasteiger partial charge in [0.2, 0.25) is 0 Å². The summed E-state index contributed by atoms with van der Waals surface area (Å²) in [5.41, 5.74) is -0.557. The Hall–Kier alpha value is -1.10. The summed E-state index contributed by atoms with van der Waals surface area (Å²) in [6, 6.07) is 2.87. The normalized spacial score (nSPS) is 18.1. The fraction of sp³-hybridized carbons (Fsp3) is 0.625. The average Bonchev–Trinajstić information content (AvgIpc) is 2.89. The first-order valence-corrected chi connectivity index (χ1v) is 7.43. The Balaban J connectivity index is 2.03. The Bertz CT molecular complexity index is 476. The van der Waals surface area contributed by atoms with E-state index >= 15 is 0 Å². The average molecular weight is 303 g/mol. The zero-order valence-corrected chi connectivity index (χ0v) is 12.2. The van der Waals surface area contributed by atoms with Gasteiger partial charge < -0.3 is 5.32 Å². The molecule has 1 nitrogen and oxygen atoms in total. The molecule has 1 aliphatic carbocycles. The fourth-order valence-corrected chi connectivity index (χ4v) is 3.21. The van der Waals surface area contributed by atoms with Crippen LogP contribution in [0.15, 0.2) is 18.2 Å². The highest BCUT2D eigenvalue weighted by Gasteiger charge is 2.34. The topological polar surface area (TPSA) is 12.0 Å². The Kier molecular flexibility index (Phi) is 4.91. The van der Waals surface area contributed by atoms with Crippen molar-refractivity contribution in [3.8, 4) is 0 Å². The molecule has 0 bridgehead atoms. The molecule has 0 saturated heterocycles. The fourth-order valence-electron chi connectivity index (χ4n) is 3.21. The van der Waals surface area contributed by atoms with E-state index in [9.17, 15) is 17.6 Å². The molecule has 0 aromatic heterocycles. The van der Waals surface area contributed by atoms with Crippen molar-refractivity contribution in [1.29, 1.82) is 0 Å². The van der Waals surface area contributed by atoms with Crippen LogP contribution in [0, 0.1) is 11.2 Å². The summed E-state index contributed by atoms with van der Waals surface area (Å²) in [4.78, 5) is 0. The Morgan fingerprint density at radius 3 is 2.43 bits per heavy atom. The predicted molar refractivity (Wildman–Crippen MR) is 74.3 cm³/mol. The maximum atomic E-state index is 13.0. The Morgan fingerprint density at radius 1 is 1.19 bits per heavy atom. The summed E-state index contributed by atoms with van der Waals surface area (Å²) < 4.78 is 51.8. The van der Waals surface area contributed by atoms with Crippen LogP contribution < -0.4 is 5.32 Å². The molecule has 1 aromatic rings. The van der Waals surface area contributed by atoms with E-state index in [1.54, 1.807) is 0 Å². The second kappa shape index (κ2) is 6.34. The monoisotopic (exact) mass is 303 g/mol. The molecule has 2 rings (SSSR count). The van der Waals surface area contributed by atoms with Crippen LogP contribution in [0.3, 0.4) is 0 Å². The van der Waals surface area contributed by atoms with E-state index in [-0.39, 0.29) is 17.5 Å². The third-order valence-corrected chi connectivity index (χ3v) is 4.61. The van der Waals surface area contributed by atoms with Gasteiger partial charge in [0, 0.05) is 13.1 Å². The zero-order chi connectivity index (χ0) is 15.5. The van der Waals surface area contributed by atoms with Gasteiger partial charge in [0.25, 0.3) is 0 Å². The minimum atomic E-state index is -4.52. The van der Waals surface area contributed by atoms with Crippen molar-refractivity contribution >= 4 is 0 Å². The number of alkyl halides is 3. The molecule has 0 spiro atoms. The molecule has 1 aliphatic rings. The standard InChI is InChI=1S/C16H21F4N/c1-2-15(7-3-4-8-15)11-21-10-12-5-6-13(17)9-14(12)16(18,19)20/h5-6,9,21H,2-4,7-8,10-11H2,1H3. The molecule has 0 heterocycles. The predicted octanol–water partition coefficient (Wildman–Crippen LogP) is 4.90. The van der Waals surface area contributed by atoms with Gasteiger partial charge in [0.05, 0.1) is 5.56 Å². The molecular formula is C16H21F4N. The van der Waals surface area contributed by atoms with E-state index in [0.29, 0.717) is 6.07 Å². The number of rotatable bonds is 5. The van der Waals surface area contributed by atoms with Gasteiger partial charge in [-0.2, -0.15) is 13.2 Å². The molecule has 0 unspecified atom stereocenters. The van der Waals surface area contributed by atoms with Gasteiger partial charge >= 0.3 is 6.18 Å². The summed E-state index contributed by atoms with van der Waals surface area (Å²) in [5.74, 6) is -0.855. The molecule has 0 aliphatic heterocycles. The lowest BCUT2D eigenvalue weighted by Crippen LogP contribution is -2.31. The second-order valence-electron chi connectivity index (χ2n) is 5.96. The minimum absolute atomic E-state index is 0.105. The highest BCUT2D eigenvalue weighted by molar-refractivity contribution is 5.30. The summed E-state index contributed by atoms with van der Waals surface area (Å²) in [6.45, 7) is 2.97. The van der Waals surface area contributed by atoms with Crippen LogP contribution >= 0.6 is 0 Å². The van der Waals surface area contributed by atoms with Crippen molar-refractivity contribution in [1.82, 2.24) is 5.32 Å². The Morgan fingerprint density at radius 2 is 1.86 bits per heavy atom. The van der Waals surface area contributed by atoms with Gasteiger partial charge in [0.1, 0.15) is 5.82 Å². The molecule has 0 atom stereocenters. The minimum Gasteiger partial charge on any atom is -0.312 e. The molecule has 1 saturated carbocycles. The molecular weight excluding hydrogens is 282 g/mol. The molecule has 21 heavy (non-hydrogen) atoms. The second-order valence-corrected chi connectivity index (χ2v) is 5.96. The molecule has 5 heteroatoms. The highest BCUT2D eigenvalue weighted by Crippen LogP contribution is 2.40. The lowest BCUT2D eigenvalue weighted by atomic mass is 9.83. The third kappa shape index (κ3) is 3.96. The van der Waals surface area contributed by atoms with E-state index in [2.05, 4.69) is 12.2 Å². The van der Waals surface area contributed by atoms with Crippen molar-refractivity contribution in [2.75, 3.05) is 6.54 Å². The number of halogens is 4. The van der Waals surface area contributed by atoms with Crippen LogP contribution in [0.2, 0.25) is 0 Å². The molecule has 0 radical (unpaired) electrons. The van der Waals surface area contributed by atoms with E-state index in [1.807, 2.05) is 0 Å². The van der Waals surface area contributed by atoms with E-state index < -0.39 is 17.6 Å². The maximum absolute atomic E-state index is 13.0.